The van der Waals surface area contributed by atoms with Gasteiger partial charge in [0, 0.05) is 34.0 Å². The first-order chi connectivity index (χ1) is 24.3. The standard InChI is InChI=1S/C41H29ClN4O2S2/c1-50(47,48)38-24-23-37(49-38)40-34-25-29(19-22-36(34)43-27-44-40)35-26-46(45-39(35)28-17-20-33(42)21-18-28)41(30-11-5-2-6-12-30,31-13-7-3-8-14-31)32-15-9-4-10-16-32/h2-27H,1H3. The molecule has 6 nitrogen and oxygen atoms in total. The van der Waals surface area contributed by atoms with E-state index in [1.807, 2.05) is 54.6 Å². The molecule has 0 aliphatic carbocycles. The summed E-state index contributed by atoms with van der Waals surface area (Å²) in [5.74, 6) is 0. The van der Waals surface area contributed by atoms with Crippen LogP contribution in [0.25, 0.3) is 43.9 Å². The molecule has 0 fully saturated rings. The van der Waals surface area contributed by atoms with Crippen LogP contribution in [0.4, 0.5) is 0 Å². The number of thiophene rings is 1. The summed E-state index contributed by atoms with van der Waals surface area (Å²) < 4.78 is 27.0. The number of hydrogen-bond acceptors (Lipinski definition) is 6. The van der Waals surface area contributed by atoms with Crippen LogP contribution in [0, 0.1) is 0 Å². The number of halogens is 1. The van der Waals surface area contributed by atoms with Gasteiger partial charge < -0.3 is 0 Å². The predicted octanol–water partition coefficient (Wildman–Crippen LogP) is 9.79. The average Bonchev–Trinajstić information content (AvgIpc) is 3.83. The van der Waals surface area contributed by atoms with Crippen molar-refractivity contribution in [1.29, 1.82) is 0 Å². The summed E-state index contributed by atoms with van der Waals surface area (Å²) >= 11 is 7.57. The van der Waals surface area contributed by atoms with Gasteiger partial charge in [-0.15, -0.1) is 11.3 Å². The highest BCUT2D eigenvalue weighted by molar-refractivity contribution is 7.92. The normalized spacial score (nSPS) is 12.0. The molecule has 0 N–H and O–H groups in total. The second kappa shape index (κ2) is 12.8. The minimum absolute atomic E-state index is 0.292. The van der Waals surface area contributed by atoms with E-state index in [2.05, 4.69) is 99.7 Å². The molecule has 0 atom stereocenters. The smallest absolute Gasteiger partial charge is 0.184 e. The Morgan fingerprint density at radius 3 is 1.80 bits per heavy atom. The zero-order valence-electron chi connectivity index (χ0n) is 26.8. The molecule has 0 bridgehead atoms. The van der Waals surface area contributed by atoms with Crippen LogP contribution in [-0.2, 0) is 15.4 Å². The number of hydrogen-bond donors (Lipinski definition) is 0. The molecule has 8 rings (SSSR count). The second-order valence-electron chi connectivity index (χ2n) is 12.0. The van der Waals surface area contributed by atoms with Crippen LogP contribution in [0.2, 0.25) is 5.02 Å². The fourth-order valence-electron chi connectivity index (χ4n) is 6.58. The van der Waals surface area contributed by atoms with Gasteiger partial charge in [0.1, 0.15) is 21.8 Å². The van der Waals surface area contributed by atoms with Crippen molar-refractivity contribution in [3.05, 3.63) is 180 Å². The molecule has 0 aliphatic rings. The van der Waals surface area contributed by atoms with E-state index in [1.165, 1.54) is 23.9 Å². The molecule has 3 aromatic heterocycles. The monoisotopic (exact) mass is 708 g/mol. The Morgan fingerprint density at radius 1 is 0.660 bits per heavy atom. The van der Waals surface area contributed by atoms with Crippen molar-refractivity contribution in [2.24, 2.45) is 0 Å². The molecule has 0 spiro atoms. The van der Waals surface area contributed by atoms with Crippen LogP contribution >= 0.6 is 22.9 Å². The number of rotatable bonds is 8. The third kappa shape index (κ3) is 5.61. The summed E-state index contributed by atoms with van der Waals surface area (Å²) in [4.78, 5) is 9.93. The largest absolute Gasteiger partial charge is 0.252 e. The number of aromatic nitrogens is 4. The molecule has 3 heterocycles. The van der Waals surface area contributed by atoms with Crippen molar-refractivity contribution in [1.82, 2.24) is 19.7 Å². The number of nitrogens with zero attached hydrogens (tertiary/aromatic N) is 4. The quantitative estimate of drug-likeness (QED) is 0.147. The minimum Gasteiger partial charge on any atom is -0.252 e. The Morgan fingerprint density at radius 2 is 1.24 bits per heavy atom. The van der Waals surface area contributed by atoms with Crippen LogP contribution < -0.4 is 0 Å². The van der Waals surface area contributed by atoms with E-state index in [1.54, 1.807) is 12.1 Å². The number of fused-ring (bicyclic) bond motifs is 1. The zero-order valence-corrected chi connectivity index (χ0v) is 29.2. The van der Waals surface area contributed by atoms with Gasteiger partial charge in [0.05, 0.1) is 16.1 Å². The second-order valence-corrected chi connectivity index (χ2v) is 15.8. The van der Waals surface area contributed by atoms with E-state index in [0.29, 0.717) is 14.9 Å². The highest BCUT2D eigenvalue weighted by Gasteiger charge is 2.40. The Hall–Kier alpha value is -5.41. The minimum atomic E-state index is -3.36. The lowest BCUT2D eigenvalue weighted by Crippen LogP contribution is -2.38. The molecule has 244 valence electrons. The van der Waals surface area contributed by atoms with Gasteiger partial charge in [-0.2, -0.15) is 5.10 Å². The summed E-state index contributed by atoms with van der Waals surface area (Å²) in [7, 11) is -3.36. The van der Waals surface area contributed by atoms with Gasteiger partial charge in [-0.05, 0) is 58.7 Å². The van der Waals surface area contributed by atoms with Crippen molar-refractivity contribution < 1.29 is 8.42 Å². The van der Waals surface area contributed by atoms with Crippen LogP contribution in [0.1, 0.15) is 16.7 Å². The summed E-state index contributed by atoms with van der Waals surface area (Å²) in [6.07, 6.45) is 4.85. The van der Waals surface area contributed by atoms with Gasteiger partial charge in [-0.1, -0.05) is 121 Å². The molecule has 0 radical (unpaired) electrons. The molecule has 0 unspecified atom stereocenters. The van der Waals surface area contributed by atoms with Crippen LogP contribution in [0.15, 0.2) is 162 Å². The molecule has 9 heteroatoms. The van der Waals surface area contributed by atoms with Gasteiger partial charge in [0.25, 0.3) is 0 Å². The van der Waals surface area contributed by atoms with Crippen LogP contribution in [0.5, 0.6) is 0 Å². The first-order valence-corrected chi connectivity index (χ1v) is 19.0. The van der Waals surface area contributed by atoms with Crippen molar-refractivity contribution in [3.63, 3.8) is 0 Å². The first-order valence-electron chi connectivity index (χ1n) is 15.9. The van der Waals surface area contributed by atoms with Gasteiger partial charge in [-0.25, -0.2) is 18.4 Å². The van der Waals surface area contributed by atoms with Crippen molar-refractivity contribution >= 4 is 43.7 Å². The van der Waals surface area contributed by atoms with E-state index in [0.717, 1.165) is 54.9 Å². The molecule has 0 saturated carbocycles. The van der Waals surface area contributed by atoms with E-state index in [4.69, 9.17) is 16.7 Å². The van der Waals surface area contributed by atoms with Gasteiger partial charge in [-0.3, -0.25) is 4.68 Å². The van der Waals surface area contributed by atoms with Crippen molar-refractivity contribution in [2.75, 3.05) is 6.26 Å². The molecular weight excluding hydrogens is 680 g/mol. The lowest BCUT2D eigenvalue weighted by molar-refractivity contribution is 0.461. The maximum atomic E-state index is 12.3. The summed E-state index contributed by atoms with van der Waals surface area (Å²) in [5.41, 5.74) is 7.27. The van der Waals surface area contributed by atoms with Crippen LogP contribution in [-0.4, -0.2) is 34.4 Å². The Labute approximate surface area is 299 Å². The third-order valence-electron chi connectivity index (χ3n) is 8.88. The molecular formula is C41H29ClN4O2S2. The maximum absolute atomic E-state index is 12.3. The lowest BCUT2D eigenvalue weighted by Gasteiger charge is -2.36. The lowest BCUT2D eigenvalue weighted by atomic mass is 9.77. The number of benzene rings is 5. The third-order valence-corrected chi connectivity index (χ3v) is 12.0. The fraction of sp³-hybridized carbons (Fsp3) is 0.0488. The average molecular weight is 709 g/mol. The predicted molar refractivity (Wildman–Crippen MR) is 202 cm³/mol. The molecule has 5 aromatic carbocycles. The molecule has 0 aliphatic heterocycles. The summed E-state index contributed by atoms with van der Waals surface area (Å²) in [6.45, 7) is 0. The summed E-state index contributed by atoms with van der Waals surface area (Å²) in [6, 6.07) is 48.6. The Bertz CT molecular complexity index is 2470. The van der Waals surface area contributed by atoms with E-state index in [9.17, 15) is 8.42 Å². The SMILES string of the molecule is CS(=O)(=O)c1ccc(-c2ncnc3ccc(-c4cn(C(c5ccccc5)(c5ccccc5)c5ccccc5)nc4-c4ccc(Cl)cc4)cc23)s1. The summed E-state index contributed by atoms with van der Waals surface area (Å²) in [5, 5.41) is 6.90. The van der Waals surface area contributed by atoms with Gasteiger partial charge in [0.2, 0.25) is 0 Å². The van der Waals surface area contributed by atoms with E-state index in [-0.39, 0.29) is 0 Å². The van der Waals surface area contributed by atoms with Crippen molar-refractivity contribution in [2.45, 2.75) is 9.75 Å². The first kappa shape index (κ1) is 31.8. The Kier molecular flexibility index (Phi) is 8.15. The topological polar surface area (TPSA) is 77.7 Å². The van der Waals surface area contributed by atoms with Crippen LogP contribution in [0.3, 0.4) is 0 Å². The Balaban J connectivity index is 1.42. The van der Waals surface area contributed by atoms with Gasteiger partial charge in [0.15, 0.2) is 9.84 Å². The molecule has 50 heavy (non-hydrogen) atoms. The van der Waals surface area contributed by atoms with E-state index < -0.39 is 15.4 Å². The van der Waals surface area contributed by atoms with Crippen molar-refractivity contribution in [3.8, 4) is 33.0 Å². The molecule has 0 saturated heterocycles. The van der Waals surface area contributed by atoms with E-state index >= 15 is 0 Å². The highest BCUT2D eigenvalue weighted by atomic mass is 35.5. The molecule has 0 amide bonds. The highest BCUT2D eigenvalue weighted by Crippen LogP contribution is 2.44. The maximum Gasteiger partial charge on any atom is 0.184 e. The zero-order chi connectivity index (χ0) is 34.3. The fourth-order valence-corrected chi connectivity index (χ4v) is 8.64. The van der Waals surface area contributed by atoms with Gasteiger partial charge >= 0.3 is 0 Å². The molecule has 8 aromatic rings. The number of sulfone groups is 1.